The number of hydrogen-bond acceptors (Lipinski definition) is 5. The van der Waals surface area contributed by atoms with Gasteiger partial charge in [-0.15, -0.1) is 10.2 Å². The van der Waals surface area contributed by atoms with Gasteiger partial charge >= 0.3 is 0 Å². The summed E-state index contributed by atoms with van der Waals surface area (Å²) in [6, 6.07) is 3.75. The highest BCUT2D eigenvalue weighted by Gasteiger charge is 2.17. The molecule has 0 spiro atoms. The van der Waals surface area contributed by atoms with E-state index in [2.05, 4.69) is 25.7 Å². The summed E-state index contributed by atoms with van der Waals surface area (Å²) in [5, 5.41) is 11.6. The lowest BCUT2D eigenvalue weighted by molar-refractivity contribution is -0.121. The van der Waals surface area contributed by atoms with Crippen molar-refractivity contribution in [2.24, 2.45) is 5.10 Å². The van der Waals surface area contributed by atoms with Gasteiger partial charge in [0.05, 0.1) is 5.71 Å². The van der Waals surface area contributed by atoms with Crippen LogP contribution in [-0.4, -0.2) is 31.4 Å². The molecular formula is C11H10N6O. The molecule has 0 unspecified atom stereocenters. The molecule has 90 valence electrons. The lowest BCUT2D eigenvalue weighted by Gasteiger charge is -2.14. The smallest absolute Gasteiger partial charge is 0.240 e. The molecule has 0 bridgehead atoms. The third-order valence-corrected chi connectivity index (χ3v) is 2.67. The van der Waals surface area contributed by atoms with Crippen molar-refractivity contribution in [2.45, 2.75) is 12.8 Å². The predicted molar refractivity (Wildman–Crippen MR) is 63.1 cm³/mol. The molecule has 0 saturated heterocycles. The van der Waals surface area contributed by atoms with Crippen LogP contribution >= 0.6 is 0 Å². The fourth-order valence-electron chi connectivity index (χ4n) is 1.81. The maximum Gasteiger partial charge on any atom is 0.240 e. The molecule has 7 nitrogen and oxygen atoms in total. The van der Waals surface area contributed by atoms with Crippen molar-refractivity contribution < 1.29 is 4.79 Å². The Labute approximate surface area is 103 Å². The molecule has 0 fully saturated rings. The molecule has 1 aliphatic heterocycles. The molecule has 3 heterocycles. The van der Waals surface area contributed by atoms with Crippen LogP contribution in [0, 0.1) is 0 Å². The number of carbonyl (C=O) groups is 1. The molecule has 1 amide bonds. The third kappa shape index (κ3) is 1.86. The first-order valence-electron chi connectivity index (χ1n) is 5.50. The highest BCUT2D eigenvalue weighted by Crippen LogP contribution is 2.16. The number of carbonyl (C=O) groups excluding carboxylic acids is 1. The van der Waals surface area contributed by atoms with E-state index in [4.69, 9.17) is 0 Å². The molecular weight excluding hydrogens is 232 g/mol. The maximum absolute atomic E-state index is 11.1. The van der Waals surface area contributed by atoms with Crippen molar-refractivity contribution in [1.29, 1.82) is 0 Å². The van der Waals surface area contributed by atoms with Crippen molar-refractivity contribution in [3.8, 4) is 5.82 Å². The summed E-state index contributed by atoms with van der Waals surface area (Å²) in [6.45, 7) is 0. The molecule has 1 aliphatic rings. The number of rotatable bonds is 2. The topological polar surface area (TPSA) is 85.1 Å². The van der Waals surface area contributed by atoms with Crippen LogP contribution in [0.25, 0.3) is 5.82 Å². The van der Waals surface area contributed by atoms with Crippen molar-refractivity contribution >= 4 is 11.6 Å². The van der Waals surface area contributed by atoms with Gasteiger partial charge in [-0.25, -0.2) is 10.4 Å². The van der Waals surface area contributed by atoms with Crippen LogP contribution in [0.1, 0.15) is 18.4 Å². The van der Waals surface area contributed by atoms with Crippen molar-refractivity contribution in [3.05, 3.63) is 36.5 Å². The minimum Gasteiger partial charge on any atom is -0.273 e. The number of nitrogens with zero attached hydrogens (tertiary/aromatic N) is 5. The van der Waals surface area contributed by atoms with E-state index in [1.165, 1.54) is 0 Å². The minimum atomic E-state index is -0.0616. The lowest BCUT2D eigenvalue weighted by atomic mass is 10.1. The number of nitrogens with one attached hydrogen (secondary N) is 1. The summed E-state index contributed by atoms with van der Waals surface area (Å²) in [5.74, 6) is 0.644. The molecule has 3 rings (SSSR count). The van der Waals surface area contributed by atoms with Gasteiger partial charge in [-0.3, -0.25) is 9.36 Å². The summed E-state index contributed by atoms with van der Waals surface area (Å²) in [4.78, 5) is 15.4. The predicted octanol–water partition coefficient (Wildman–Crippen LogP) is 0.276. The number of aromatic nitrogens is 4. The molecule has 2 aromatic heterocycles. The largest absolute Gasteiger partial charge is 0.273 e. The van der Waals surface area contributed by atoms with E-state index in [-0.39, 0.29) is 5.91 Å². The first-order chi connectivity index (χ1) is 8.84. The Morgan fingerprint density at radius 3 is 2.78 bits per heavy atom. The van der Waals surface area contributed by atoms with Crippen LogP contribution in [0.5, 0.6) is 0 Å². The number of amides is 1. The fourth-order valence-corrected chi connectivity index (χ4v) is 1.81. The van der Waals surface area contributed by atoms with Gasteiger partial charge in [0.1, 0.15) is 18.5 Å². The third-order valence-electron chi connectivity index (χ3n) is 2.67. The molecule has 0 saturated carbocycles. The Morgan fingerprint density at radius 2 is 2.06 bits per heavy atom. The monoisotopic (exact) mass is 242 g/mol. The summed E-state index contributed by atoms with van der Waals surface area (Å²) in [7, 11) is 0. The van der Waals surface area contributed by atoms with E-state index in [0.717, 1.165) is 11.3 Å². The zero-order valence-electron chi connectivity index (χ0n) is 9.45. The SMILES string of the molecule is O=C1CCC(c2cccnc2-n2cnnc2)=NN1. The van der Waals surface area contributed by atoms with Gasteiger partial charge in [-0.1, -0.05) is 0 Å². The van der Waals surface area contributed by atoms with E-state index in [0.29, 0.717) is 18.7 Å². The van der Waals surface area contributed by atoms with E-state index < -0.39 is 0 Å². The van der Waals surface area contributed by atoms with E-state index in [9.17, 15) is 4.79 Å². The molecule has 0 aliphatic carbocycles. The molecule has 7 heteroatoms. The van der Waals surface area contributed by atoms with Gasteiger partial charge in [-0.2, -0.15) is 5.10 Å². The van der Waals surface area contributed by atoms with Crippen molar-refractivity contribution in [3.63, 3.8) is 0 Å². The van der Waals surface area contributed by atoms with Gasteiger partial charge < -0.3 is 0 Å². The number of hydrazone groups is 1. The molecule has 18 heavy (non-hydrogen) atoms. The Balaban J connectivity index is 2.05. The number of pyridine rings is 1. The first-order valence-corrected chi connectivity index (χ1v) is 5.50. The highest BCUT2D eigenvalue weighted by atomic mass is 16.2. The Kier molecular flexibility index (Phi) is 2.56. The Morgan fingerprint density at radius 1 is 1.22 bits per heavy atom. The summed E-state index contributed by atoms with van der Waals surface area (Å²) < 4.78 is 1.72. The van der Waals surface area contributed by atoms with Crippen LogP contribution in [0.3, 0.4) is 0 Å². The summed E-state index contributed by atoms with van der Waals surface area (Å²) in [6.07, 6.45) is 5.89. The van der Waals surface area contributed by atoms with Gasteiger partial charge in [-0.05, 0) is 12.1 Å². The molecule has 2 aromatic rings. The average Bonchev–Trinajstić information content (AvgIpc) is 2.93. The molecule has 1 N–H and O–H groups in total. The lowest BCUT2D eigenvalue weighted by Crippen LogP contribution is -2.26. The second kappa shape index (κ2) is 4.36. The summed E-state index contributed by atoms with van der Waals surface area (Å²) >= 11 is 0. The van der Waals surface area contributed by atoms with Gasteiger partial charge in [0, 0.05) is 24.6 Å². The quantitative estimate of drug-likeness (QED) is 0.819. The maximum atomic E-state index is 11.1. The highest BCUT2D eigenvalue weighted by molar-refractivity contribution is 6.06. The molecule has 0 aromatic carbocycles. The van der Waals surface area contributed by atoms with Crippen LogP contribution in [0.2, 0.25) is 0 Å². The van der Waals surface area contributed by atoms with Gasteiger partial charge in [0.2, 0.25) is 5.91 Å². The zero-order chi connectivity index (χ0) is 12.4. The van der Waals surface area contributed by atoms with Crippen molar-refractivity contribution in [2.75, 3.05) is 0 Å². The fraction of sp³-hybridized carbons (Fsp3) is 0.182. The number of hydrogen-bond donors (Lipinski definition) is 1. The van der Waals surface area contributed by atoms with Crippen LogP contribution in [0.4, 0.5) is 0 Å². The van der Waals surface area contributed by atoms with E-state index in [1.807, 2.05) is 12.1 Å². The Bertz CT molecular complexity index is 604. The molecule has 0 radical (unpaired) electrons. The van der Waals surface area contributed by atoms with Crippen LogP contribution in [-0.2, 0) is 4.79 Å². The van der Waals surface area contributed by atoms with Gasteiger partial charge in [0.15, 0.2) is 0 Å². The van der Waals surface area contributed by atoms with Crippen LogP contribution in [0.15, 0.2) is 36.1 Å². The normalized spacial score (nSPS) is 15.1. The second-order valence-electron chi connectivity index (χ2n) is 3.84. The van der Waals surface area contributed by atoms with E-state index in [1.54, 1.807) is 23.4 Å². The second-order valence-corrected chi connectivity index (χ2v) is 3.84. The first kappa shape index (κ1) is 10.6. The van der Waals surface area contributed by atoms with Crippen molar-refractivity contribution in [1.82, 2.24) is 25.2 Å². The zero-order valence-corrected chi connectivity index (χ0v) is 9.45. The summed E-state index contributed by atoms with van der Waals surface area (Å²) in [5.41, 5.74) is 4.17. The van der Waals surface area contributed by atoms with Crippen LogP contribution < -0.4 is 5.43 Å². The minimum absolute atomic E-state index is 0.0616. The standard InChI is InChI=1S/C11H10N6O/c18-10-4-3-9(15-16-10)8-2-1-5-12-11(8)17-6-13-14-7-17/h1-2,5-7H,3-4H2,(H,16,18). The van der Waals surface area contributed by atoms with E-state index >= 15 is 0 Å². The van der Waals surface area contributed by atoms with Gasteiger partial charge in [0.25, 0.3) is 0 Å². The average molecular weight is 242 g/mol. The Hall–Kier alpha value is -2.57. The molecule has 0 atom stereocenters.